The average Bonchev–Trinajstić information content (AvgIpc) is 3.28. The first kappa shape index (κ1) is 17.8. The van der Waals surface area contributed by atoms with Crippen molar-refractivity contribution in [2.45, 2.75) is 6.54 Å². The number of carbonyl (C=O) groups is 1. The highest BCUT2D eigenvalue weighted by atomic mass is 16.2. The Morgan fingerprint density at radius 2 is 1.97 bits per heavy atom. The molecular formula is C21H17N7O2. The first-order valence-corrected chi connectivity index (χ1v) is 9.32. The van der Waals surface area contributed by atoms with Gasteiger partial charge in [0.15, 0.2) is 5.65 Å². The van der Waals surface area contributed by atoms with Crippen molar-refractivity contribution in [3.05, 3.63) is 88.5 Å². The first-order chi connectivity index (χ1) is 14.6. The molecule has 5 rings (SSSR count). The molecular weight excluding hydrogens is 382 g/mol. The average molecular weight is 399 g/mol. The highest BCUT2D eigenvalue weighted by Crippen LogP contribution is 2.16. The number of anilines is 1. The number of aryl methyl sites for hydroxylation is 1. The largest absolute Gasteiger partial charge is 0.350 e. The maximum Gasteiger partial charge on any atom is 0.350 e. The number of nitrogens with zero attached hydrogens (tertiary/aromatic N) is 6. The molecule has 0 aliphatic heterocycles. The van der Waals surface area contributed by atoms with Crippen molar-refractivity contribution in [2.24, 2.45) is 7.05 Å². The van der Waals surface area contributed by atoms with Gasteiger partial charge in [0.2, 0.25) is 0 Å². The van der Waals surface area contributed by atoms with Crippen molar-refractivity contribution >= 4 is 28.3 Å². The molecule has 0 fully saturated rings. The molecule has 3 heterocycles. The van der Waals surface area contributed by atoms with E-state index < -0.39 is 0 Å². The van der Waals surface area contributed by atoms with Crippen LogP contribution in [-0.2, 0) is 13.6 Å². The van der Waals surface area contributed by atoms with Crippen LogP contribution in [0.2, 0.25) is 0 Å². The van der Waals surface area contributed by atoms with Crippen molar-refractivity contribution in [1.82, 2.24) is 29.2 Å². The number of amides is 1. The van der Waals surface area contributed by atoms with Crippen LogP contribution in [0.15, 0.2) is 71.7 Å². The molecule has 30 heavy (non-hydrogen) atoms. The molecule has 1 N–H and O–H groups in total. The van der Waals surface area contributed by atoms with Gasteiger partial charge in [0.25, 0.3) is 5.91 Å². The highest BCUT2D eigenvalue weighted by Gasteiger charge is 2.11. The van der Waals surface area contributed by atoms with E-state index in [9.17, 15) is 9.59 Å². The summed E-state index contributed by atoms with van der Waals surface area (Å²) in [6.45, 7) is 0.301. The Bertz CT molecular complexity index is 1460. The van der Waals surface area contributed by atoms with Gasteiger partial charge in [0, 0.05) is 24.5 Å². The molecule has 0 radical (unpaired) electrons. The fourth-order valence-corrected chi connectivity index (χ4v) is 3.38. The van der Waals surface area contributed by atoms with Gasteiger partial charge in [-0.3, -0.25) is 9.20 Å². The molecule has 0 spiro atoms. The number of benzene rings is 2. The standard InChI is InChI=1S/C21H17N7O2/c1-26-18-9-8-15(12-17(18)23-25-26)20(29)22-16-6-4-5-14(11-16)13-28-21(30)27-10-3-2-7-19(27)24-28/h2-12H,13H2,1H3,(H,22,29). The molecule has 0 bridgehead atoms. The van der Waals surface area contributed by atoms with Crippen LogP contribution in [0.3, 0.4) is 0 Å². The van der Waals surface area contributed by atoms with Crippen LogP contribution >= 0.6 is 0 Å². The van der Waals surface area contributed by atoms with E-state index in [1.165, 1.54) is 9.08 Å². The summed E-state index contributed by atoms with van der Waals surface area (Å²) >= 11 is 0. The van der Waals surface area contributed by atoms with Gasteiger partial charge in [-0.25, -0.2) is 14.2 Å². The molecule has 9 heteroatoms. The Kier molecular flexibility index (Phi) is 4.13. The lowest BCUT2D eigenvalue weighted by molar-refractivity contribution is 0.102. The summed E-state index contributed by atoms with van der Waals surface area (Å²) in [6.07, 6.45) is 1.69. The van der Waals surface area contributed by atoms with Gasteiger partial charge in [0.05, 0.1) is 12.1 Å². The van der Waals surface area contributed by atoms with Gasteiger partial charge in [0.1, 0.15) is 5.52 Å². The number of fused-ring (bicyclic) bond motifs is 2. The molecule has 5 aromatic rings. The maximum absolute atomic E-state index is 12.7. The normalized spacial score (nSPS) is 11.2. The highest BCUT2D eigenvalue weighted by molar-refractivity contribution is 6.05. The molecule has 2 aromatic carbocycles. The Morgan fingerprint density at radius 1 is 1.07 bits per heavy atom. The molecule has 0 atom stereocenters. The summed E-state index contributed by atoms with van der Waals surface area (Å²) in [7, 11) is 1.80. The monoisotopic (exact) mass is 399 g/mol. The fraction of sp³-hybridized carbons (Fsp3) is 0.0952. The van der Waals surface area contributed by atoms with Gasteiger partial charge >= 0.3 is 5.69 Å². The summed E-state index contributed by atoms with van der Waals surface area (Å²) in [4.78, 5) is 25.1. The zero-order valence-electron chi connectivity index (χ0n) is 16.1. The third-order valence-corrected chi connectivity index (χ3v) is 4.88. The fourth-order valence-electron chi connectivity index (χ4n) is 3.38. The molecule has 0 saturated heterocycles. The lowest BCUT2D eigenvalue weighted by Crippen LogP contribution is -2.21. The van der Waals surface area contributed by atoms with Crippen molar-refractivity contribution in [1.29, 1.82) is 0 Å². The zero-order valence-corrected chi connectivity index (χ0v) is 16.1. The van der Waals surface area contributed by atoms with E-state index in [1.54, 1.807) is 48.3 Å². The van der Waals surface area contributed by atoms with Gasteiger partial charge < -0.3 is 5.32 Å². The summed E-state index contributed by atoms with van der Waals surface area (Å²) in [5.74, 6) is -0.246. The minimum atomic E-state index is -0.246. The van der Waals surface area contributed by atoms with Crippen molar-refractivity contribution in [3.63, 3.8) is 0 Å². The van der Waals surface area contributed by atoms with Crippen LogP contribution in [0.25, 0.3) is 16.7 Å². The van der Waals surface area contributed by atoms with Crippen LogP contribution in [-0.4, -0.2) is 35.1 Å². The number of rotatable bonds is 4. The quantitative estimate of drug-likeness (QED) is 0.499. The Labute approximate surface area is 170 Å². The van der Waals surface area contributed by atoms with E-state index in [0.717, 1.165) is 11.1 Å². The van der Waals surface area contributed by atoms with Crippen LogP contribution in [0.5, 0.6) is 0 Å². The second-order valence-electron chi connectivity index (χ2n) is 6.94. The Hall–Kier alpha value is -4.27. The number of hydrogen-bond acceptors (Lipinski definition) is 5. The summed E-state index contributed by atoms with van der Waals surface area (Å²) in [5.41, 5.74) is 3.86. The van der Waals surface area contributed by atoms with Crippen molar-refractivity contribution in [3.8, 4) is 0 Å². The lowest BCUT2D eigenvalue weighted by Gasteiger charge is -2.08. The predicted molar refractivity (Wildman–Crippen MR) is 111 cm³/mol. The zero-order chi connectivity index (χ0) is 20.7. The summed E-state index contributed by atoms with van der Waals surface area (Å²) in [6, 6.07) is 18.0. The van der Waals surface area contributed by atoms with Crippen LogP contribution in [0.1, 0.15) is 15.9 Å². The van der Waals surface area contributed by atoms with Crippen LogP contribution in [0, 0.1) is 0 Å². The van der Waals surface area contributed by atoms with Gasteiger partial charge in [-0.1, -0.05) is 23.4 Å². The lowest BCUT2D eigenvalue weighted by atomic mass is 10.1. The summed E-state index contributed by atoms with van der Waals surface area (Å²) in [5, 5.41) is 15.2. The van der Waals surface area contributed by atoms with E-state index in [-0.39, 0.29) is 11.6 Å². The minimum absolute atomic E-state index is 0.211. The topological polar surface area (TPSA) is 99.1 Å². The van der Waals surface area contributed by atoms with Gasteiger partial charge in [-0.2, -0.15) is 0 Å². The van der Waals surface area contributed by atoms with Gasteiger partial charge in [-0.05, 0) is 48.0 Å². The molecule has 1 amide bonds. The number of carbonyl (C=O) groups excluding carboxylic acids is 1. The van der Waals surface area contributed by atoms with Crippen molar-refractivity contribution in [2.75, 3.05) is 5.32 Å². The minimum Gasteiger partial charge on any atom is -0.322 e. The van der Waals surface area contributed by atoms with Crippen LogP contribution < -0.4 is 11.0 Å². The first-order valence-electron chi connectivity index (χ1n) is 9.32. The number of nitrogens with one attached hydrogen (secondary N) is 1. The smallest absolute Gasteiger partial charge is 0.322 e. The van der Waals surface area contributed by atoms with Crippen molar-refractivity contribution < 1.29 is 4.79 Å². The molecule has 9 nitrogen and oxygen atoms in total. The van der Waals surface area contributed by atoms with E-state index in [1.807, 2.05) is 30.3 Å². The third-order valence-electron chi connectivity index (χ3n) is 4.88. The molecule has 0 aliphatic rings. The molecule has 0 unspecified atom stereocenters. The molecule has 3 aromatic heterocycles. The Balaban J connectivity index is 1.38. The number of aromatic nitrogens is 6. The van der Waals surface area contributed by atoms with E-state index in [2.05, 4.69) is 20.7 Å². The van der Waals surface area contributed by atoms with E-state index >= 15 is 0 Å². The molecule has 148 valence electrons. The SMILES string of the molecule is Cn1nnc2cc(C(=O)Nc3cccc(Cn4nc5ccccn5c4=O)c3)ccc21. The predicted octanol–water partition coefficient (Wildman–Crippen LogP) is 2.08. The summed E-state index contributed by atoms with van der Waals surface area (Å²) < 4.78 is 4.55. The number of pyridine rings is 1. The Morgan fingerprint density at radius 3 is 2.83 bits per heavy atom. The molecule has 0 aliphatic carbocycles. The number of hydrogen-bond donors (Lipinski definition) is 1. The second kappa shape index (κ2) is 6.96. The molecule has 0 saturated carbocycles. The van der Waals surface area contributed by atoms with E-state index in [0.29, 0.717) is 29.0 Å². The third kappa shape index (κ3) is 3.12. The van der Waals surface area contributed by atoms with Gasteiger partial charge in [-0.15, -0.1) is 10.2 Å². The van der Waals surface area contributed by atoms with E-state index in [4.69, 9.17) is 0 Å². The van der Waals surface area contributed by atoms with Crippen LogP contribution in [0.4, 0.5) is 5.69 Å². The maximum atomic E-state index is 12.7. The second-order valence-corrected chi connectivity index (χ2v) is 6.94.